The largest absolute Gasteiger partial charge is 0.372 e. The molecule has 0 fully saturated rings. The van der Waals surface area contributed by atoms with Gasteiger partial charge in [-0.3, -0.25) is 0 Å². The molecule has 0 spiro atoms. The summed E-state index contributed by atoms with van der Waals surface area (Å²) in [5.41, 5.74) is 7.12. The second kappa shape index (κ2) is 10.8. The van der Waals surface area contributed by atoms with Gasteiger partial charge in [-0.25, -0.2) is 0 Å². The normalized spacial score (nSPS) is 18.0. The Balaban J connectivity index is 1.89. The Hall–Kier alpha value is -3.29. The molecule has 1 aliphatic rings. The SMILES string of the molecule is CCN(CC)c1ccc2c(c1)P(=O)(c1ccccc1)c1cc(N(CC)CC)ccc1C2c1ccccc1C. The van der Waals surface area contributed by atoms with Crippen LogP contribution in [-0.4, -0.2) is 26.2 Å². The van der Waals surface area contributed by atoms with Crippen LogP contribution in [0.4, 0.5) is 11.4 Å². The van der Waals surface area contributed by atoms with Gasteiger partial charge < -0.3 is 14.4 Å². The minimum atomic E-state index is -3.15. The number of benzene rings is 4. The van der Waals surface area contributed by atoms with Crippen molar-refractivity contribution in [3.05, 3.63) is 113 Å². The van der Waals surface area contributed by atoms with Gasteiger partial charge in [-0.2, -0.15) is 0 Å². The van der Waals surface area contributed by atoms with Crippen molar-refractivity contribution in [3.63, 3.8) is 0 Å². The molecule has 0 saturated carbocycles. The Morgan fingerprint density at radius 3 is 1.55 bits per heavy atom. The standard InChI is InChI=1S/C34H39N2OP/c1-6-35(7-2)26-19-21-30-32(23-26)38(37,28-16-11-10-12-17-28)33-24-27(36(8-3)9-4)20-22-31(33)34(30)29-18-14-13-15-25(29)5/h10-24,34H,6-9H2,1-5H3. The third-order valence-electron chi connectivity index (χ3n) is 8.20. The Morgan fingerprint density at radius 2 is 1.08 bits per heavy atom. The summed E-state index contributed by atoms with van der Waals surface area (Å²) >= 11 is 0. The van der Waals surface area contributed by atoms with Crippen LogP contribution in [0.15, 0.2) is 91.0 Å². The highest BCUT2D eigenvalue weighted by Crippen LogP contribution is 2.53. The zero-order valence-corrected chi connectivity index (χ0v) is 24.2. The van der Waals surface area contributed by atoms with E-state index in [-0.39, 0.29) is 5.92 Å². The number of hydrogen-bond donors (Lipinski definition) is 0. The topological polar surface area (TPSA) is 23.6 Å². The zero-order valence-electron chi connectivity index (χ0n) is 23.3. The highest BCUT2D eigenvalue weighted by atomic mass is 31.2. The fourth-order valence-corrected chi connectivity index (χ4v) is 9.30. The van der Waals surface area contributed by atoms with Crippen LogP contribution in [0.2, 0.25) is 0 Å². The number of hydrogen-bond acceptors (Lipinski definition) is 3. The van der Waals surface area contributed by atoms with Gasteiger partial charge in [0.1, 0.15) is 0 Å². The summed E-state index contributed by atoms with van der Waals surface area (Å²) in [6.07, 6.45) is 0. The van der Waals surface area contributed by atoms with Gasteiger partial charge in [0.05, 0.1) is 0 Å². The second-order valence-corrected chi connectivity index (χ2v) is 12.8. The Labute approximate surface area is 228 Å². The van der Waals surface area contributed by atoms with E-state index in [2.05, 4.69) is 117 Å². The minimum Gasteiger partial charge on any atom is -0.372 e. The molecule has 196 valence electrons. The van der Waals surface area contributed by atoms with Gasteiger partial charge in [0, 0.05) is 59.4 Å². The van der Waals surface area contributed by atoms with Gasteiger partial charge in [0.25, 0.3) is 0 Å². The lowest BCUT2D eigenvalue weighted by Crippen LogP contribution is -2.38. The first-order valence-corrected chi connectivity index (χ1v) is 15.7. The summed E-state index contributed by atoms with van der Waals surface area (Å²) in [4.78, 5) is 4.69. The van der Waals surface area contributed by atoms with Crippen molar-refractivity contribution in [1.82, 2.24) is 0 Å². The number of anilines is 2. The van der Waals surface area contributed by atoms with Crippen molar-refractivity contribution in [2.24, 2.45) is 0 Å². The monoisotopic (exact) mass is 522 g/mol. The average molecular weight is 523 g/mol. The van der Waals surface area contributed by atoms with E-state index in [1.807, 2.05) is 18.2 Å². The summed E-state index contributed by atoms with van der Waals surface area (Å²) in [6, 6.07) is 32.2. The summed E-state index contributed by atoms with van der Waals surface area (Å²) in [7, 11) is -3.15. The van der Waals surface area contributed by atoms with Gasteiger partial charge in [-0.05, 0) is 81.1 Å². The smallest absolute Gasteiger partial charge is 0.171 e. The van der Waals surface area contributed by atoms with E-state index < -0.39 is 7.14 Å². The van der Waals surface area contributed by atoms with Crippen LogP contribution in [-0.2, 0) is 4.57 Å². The molecule has 5 rings (SSSR count). The van der Waals surface area contributed by atoms with Crippen molar-refractivity contribution in [3.8, 4) is 0 Å². The highest BCUT2D eigenvalue weighted by Gasteiger charge is 2.42. The molecule has 0 unspecified atom stereocenters. The highest BCUT2D eigenvalue weighted by molar-refractivity contribution is 7.85. The first-order chi connectivity index (χ1) is 18.5. The predicted molar refractivity (Wildman–Crippen MR) is 165 cm³/mol. The van der Waals surface area contributed by atoms with E-state index in [0.717, 1.165) is 64.6 Å². The number of fused-ring (bicyclic) bond motifs is 2. The Kier molecular flexibility index (Phi) is 7.50. The second-order valence-electron chi connectivity index (χ2n) is 10.1. The lowest BCUT2D eigenvalue weighted by atomic mass is 9.82. The molecule has 4 aromatic carbocycles. The molecule has 1 aliphatic heterocycles. The van der Waals surface area contributed by atoms with Crippen LogP contribution in [0.1, 0.15) is 55.9 Å². The molecule has 0 N–H and O–H groups in total. The molecule has 0 aliphatic carbocycles. The molecule has 0 aromatic heterocycles. The lowest BCUT2D eigenvalue weighted by molar-refractivity contribution is 0.591. The molecule has 0 saturated heterocycles. The molecule has 0 atom stereocenters. The van der Waals surface area contributed by atoms with Gasteiger partial charge >= 0.3 is 0 Å². The maximum atomic E-state index is 15.8. The van der Waals surface area contributed by atoms with Crippen molar-refractivity contribution in [2.75, 3.05) is 36.0 Å². The molecule has 4 aromatic rings. The zero-order chi connectivity index (χ0) is 26.9. The Morgan fingerprint density at radius 1 is 0.605 bits per heavy atom. The maximum absolute atomic E-state index is 15.8. The lowest BCUT2D eigenvalue weighted by Gasteiger charge is -2.37. The first-order valence-electron chi connectivity index (χ1n) is 14.0. The maximum Gasteiger partial charge on any atom is 0.171 e. The van der Waals surface area contributed by atoms with Gasteiger partial charge in [-0.15, -0.1) is 0 Å². The Bertz CT molecular complexity index is 1400. The van der Waals surface area contributed by atoms with Crippen molar-refractivity contribution in [1.29, 1.82) is 0 Å². The van der Waals surface area contributed by atoms with Crippen LogP contribution in [0, 0.1) is 6.92 Å². The van der Waals surface area contributed by atoms with E-state index in [0.29, 0.717) is 0 Å². The fraction of sp³-hybridized carbons (Fsp3) is 0.294. The molecule has 0 bridgehead atoms. The third-order valence-corrected chi connectivity index (χ3v) is 11.4. The number of aryl methyl sites for hydroxylation is 1. The molecule has 4 heteroatoms. The first kappa shape index (κ1) is 26.3. The summed E-state index contributed by atoms with van der Waals surface area (Å²) in [5, 5.41) is 2.86. The number of nitrogens with zero attached hydrogens (tertiary/aromatic N) is 2. The molecular weight excluding hydrogens is 483 g/mol. The molecule has 3 nitrogen and oxygen atoms in total. The van der Waals surface area contributed by atoms with E-state index in [9.17, 15) is 0 Å². The van der Waals surface area contributed by atoms with E-state index >= 15 is 4.57 Å². The van der Waals surface area contributed by atoms with Crippen molar-refractivity contribution in [2.45, 2.75) is 40.5 Å². The molecule has 1 heterocycles. The quantitative estimate of drug-likeness (QED) is 0.209. The van der Waals surface area contributed by atoms with Crippen LogP contribution < -0.4 is 25.7 Å². The fourth-order valence-electron chi connectivity index (χ4n) is 6.13. The van der Waals surface area contributed by atoms with Gasteiger partial charge in [0.15, 0.2) is 7.14 Å². The van der Waals surface area contributed by atoms with Crippen LogP contribution in [0.5, 0.6) is 0 Å². The van der Waals surface area contributed by atoms with E-state index in [1.54, 1.807) is 0 Å². The average Bonchev–Trinajstić information content (AvgIpc) is 2.96. The summed E-state index contributed by atoms with van der Waals surface area (Å²) in [5.74, 6) is 0.0310. The third kappa shape index (κ3) is 4.28. The van der Waals surface area contributed by atoms with Crippen molar-refractivity contribution >= 4 is 34.4 Å². The molecule has 0 radical (unpaired) electrons. The van der Waals surface area contributed by atoms with Crippen LogP contribution in [0.25, 0.3) is 0 Å². The molecular formula is C34H39N2OP. The molecule has 0 amide bonds. The van der Waals surface area contributed by atoms with Crippen LogP contribution in [0.3, 0.4) is 0 Å². The van der Waals surface area contributed by atoms with Gasteiger partial charge in [0.2, 0.25) is 0 Å². The van der Waals surface area contributed by atoms with Crippen LogP contribution >= 0.6 is 7.14 Å². The minimum absolute atomic E-state index is 0.0310. The van der Waals surface area contributed by atoms with E-state index in [4.69, 9.17) is 0 Å². The van der Waals surface area contributed by atoms with E-state index in [1.165, 1.54) is 11.1 Å². The number of rotatable bonds is 8. The van der Waals surface area contributed by atoms with Crippen molar-refractivity contribution < 1.29 is 4.57 Å². The predicted octanol–water partition coefficient (Wildman–Crippen LogP) is 6.82. The summed E-state index contributed by atoms with van der Waals surface area (Å²) in [6.45, 7) is 14.6. The molecule has 38 heavy (non-hydrogen) atoms. The summed E-state index contributed by atoms with van der Waals surface area (Å²) < 4.78 is 15.8. The van der Waals surface area contributed by atoms with Gasteiger partial charge in [-0.1, -0.05) is 66.7 Å².